The summed E-state index contributed by atoms with van der Waals surface area (Å²) in [7, 11) is 0. The van der Waals surface area contributed by atoms with E-state index in [9.17, 15) is 0 Å². The summed E-state index contributed by atoms with van der Waals surface area (Å²) in [5.41, 5.74) is 14.5. The highest BCUT2D eigenvalue weighted by atomic mass is 15.1. The van der Waals surface area contributed by atoms with E-state index >= 15 is 0 Å². The molecule has 0 N–H and O–H groups in total. The minimum atomic E-state index is 0.0783. The van der Waals surface area contributed by atoms with Gasteiger partial charge in [0.05, 0.1) is 11.0 Å². The highest BCUT2D eigenvalue weighted by Crippen LogP contribution is 2.46. The first-order valence-corrected chi connectivity index (χ1v) is 20.8. The molecule has 0 saturated heterocycles. The molecule has 0 fully saturated rings. The molecule has 0 atom stereocenters. The van der Waals surface area contributed by atoms with E-state index in [0.29, 0.717) is 0 Å². The van der Waals surface area contributed by atoms with Crippen molar-refractivity contribution in [2.45, 2.75) is 52.4 Å². The van der Waals surface area contributed by atoms with Crippen molar-refractivity contribution in [2.75, 3.05) is 0 Å². The Labute approximate surface area is 347 Å². The monoisotopic (exact) mass is 760 g/mol. The van der Waals surface area contributed by atoms with E-state index in [1.807, 2.05) is 0 Å². The van der Waals surface area contributed by atoms with Crippen LogP contribution in [0.15, 0.2) is 182 Å². The fourth-order valence-electron chi connectivity index (χ4n) is 8.85. The second-order valence-corrected chi connectivity index (χ2v) is 18.1. The number of aromatic nitrogens is 2. The lowest BCUT2D eigenvalue weighted by molar-refractivity contribution is 0.590. The number of hydrogen-bond acceptors (Lipinski definition) is 1. The molecule has 10 rings (SSSR count). The Kier molecular flexibility index (Phi) is 8.65. The van der Waals surface area contributed by atoms with Crippen LogP contribution in [0, 0.1) is 0 Å². The molecule has 0 spiro atoms. The number of fused-ring (bicyclic) bond motifs is 4. The number of para-hydroxylation sites is 3. The third-order valence-corrected chi connectivity index (χ3v) is 12.1. The van der Waals surface area contributed by atoms with Crippen LogP contribution < -0.4 is 0 Å². The molecular weight excluding hydrogens is 713 g/mol. The SMILES string of the molecule is CC(C)(C)c1ccc(-c2c3ccccc3c(-c3ccc4cc(C(C)(C)C)ccc4c3)c3cc(-c4ccc(-c5nc6ccccc6n5-c5ccccc5)cc4)ccc23)cc1. The second-order valence-electron chi connectivity index (χ2n) is 18.1. The zero-order chi connectivity index (χ0) is 40.5. The average molecular weight is 761 g/mol. The van der Waals surface area contributed by atoms with E-state index in [4.69, 9.17) is 4.98 Å². The van der Waals surface area contributed by atoms with Crippen LogP contribution >= 0.6 is 0 Å². The summed E-state index contributed by atoms with van der Waals surface area (Å²) in [6.45, 7) is 13.7. The molecule has 2 nitrogen and oxygen atoms in total. The normalized spacial score (nSPS) is 12.2. The van der Waals surface area contributed by atoms with E-state index in [0.717, 1.165) is 28.1 Å². The van der Waals surface area contributed by atoms with Crippen molar-refractivity contribution >= 4 is 43.4 Å². The highest BCUT2D eigenvalue weighted by Gasteiger charge is 2.21. The zero-order valence-electron chi connectivity index (χ0n) is 34.7. The average Bonchev–Trinajstić information content (AvgIpc) is 3.64. The molecule has 0 radical (unpaired) electrons. The number of rotatable bonds is 5. The summed E-state index contributed by atoms with van der Waals surface area (Å²) in [5, 5.41) is 7.54. The van der Waals surface area contributed by atoms with E-state index in [1.54, 1.807) is 0 Å². The van der Waals surface area contributed by atoms with Crippen molar-refractivity contribution in [1.29, 1.82) is 0 Å². The Hall–Kier alpha value is -6.77. The Morgan fingerprint density at radius 2 is 0.898 bits per heavy atom. The number of imidazole rings is 1. The molecule has 0 aliphatic heterocycles. The van der Waals surface area contributed by atoms with Gasteiger partial charge in [0, 0.05) is 11.3 Å². The van der Waals surface area contributed by atoms with Crippen molar-refractivity contribution in [1.82, 2.24) is 9.55 Å². The quantitative estimate of drug-likeness (QED) is 0.160. The minimum Gasteiger partial charge on any atom is -0.292 e. The zero-order valence-corrected chi connectivity index (χ0v) is 34.7. The van der Waals surface area contributed by atoms with E-state index < -0.39 is 0 Å². The first-order chi connectivity index (χ1) is 28.5. The van der Waals surface area contributed by atoms with E-state index in [2.05, 4.69) is 228 Å². The second kappa shape index (κ2) is 14.0. The maximum atomic E-state index is 5.14. The van der Waals surface area contributed by atoms with Crippen LogP contribution in [0.25, 0.3) is 93.8 Å². The van der Waals surface area contributed by atoms with Gasteiger partial charge in [-0.2, -0.15) is 0 Å². The van der Waals surface area contributed by atoms with Gasteiger partial charge in [0.2, 0.25) is 0 Å². The molecule has 0 aliphatic carbocycles. The van der Waals surface area contributed by atoms with E-state index in [1.165, 1.54) is 76.8 Å². The lowest BCUT2D eigenvalue weighted by atomic mass is 9.82. The van der Waals surface area contributed by atoms with Gasteiger partial charge in [-0.25, -0.2) is 4.98 Å². The van der Waals surface area contributed by atoms with Gasteiger partial charge in [0.15, 0.2) is 0 Å². The van der Waals surface area contributed by atoms with Gasteiger partial charge in [-0.05, 0) is 124 Å². The Bertz CT molecular complexity index is 3190. The molecule has 59 heavy (non-hydrogen) atoms. The summed E-state index contributed by atoms with van der Waals surface area (Å²) in [6, 6.07) is 67.1. The predicted molar refractivity (Wildman–Crippen MR) is 253 cm³/mol. The van der Waals surface area contributed by atoms with Crippen molar-refractivity contribution in [2.24, 2.45) is 0 Å². The van der Waals surface area contributed by atoms with Crippen molar-refractivity contribution in [3.05, 3.63) is 193 Å². The van der Waals surface area contributed by atoms with Crippen molar-refractivity contribution < 1.29 is 0 Å². The fourth-order valence-corrected chi connectivity index (χ4v) is 8.85. The third kappa shape index (κ3) is 6.50. The smallest absolute Gasteiger partial charge is 0.145 e. The van der Waals surface area contributed by atoms with Crippen LogP contribution in [-0.4, -0.2) is 9.55 Å². The van der Waals surface area contributed by atoms with E-state index in [-0.39, 0.29) is 10.8 Å². The number of benzene rings is 9. The van der Waals surface area contributed by atoms with Gasteiger partial charge in [0.1, 0.15) is 5.82 Å². The Morgan fingerprint density at radius 1 is 0.373 bits per heavy atom. The van der Waals surface area contributed by atoms with Crippen LogP contribution in [0.4, 0.5) is 0 Å². The molecule has 2 heteroatoms. The highest BCUT2D eigenvalue weighted by molar-refractivity contribution is 6.22. The molecule has 0 aliphatic rings. The van der Waals surface area contributed by atoms with Gasteiger partial charge >= 0.3 is 0 Å². The van der Waals surface area contributed by atoms with Crippen LogP contribution in [-0.2, 0) is 10.8 Å². The van der Waals surface area contributed by atoms with Gasteiger partial charge in [-0.1, -0.05) is 187 Å². The standard InChI is InChI=1S/C57H48N2/c1-56(2,3)44-30-26-38(27-31-44)53-47-16-10-11-17-48(47)54(43-25-24-41-35-45(57(4,5)6)32-28-40(41)34-43)50-36-42(29-33-49(50)53)37-20-22-39(23-21-37)55-58-51-18-12-13-19-52(51)59(55)46-14-8-7-9-15-46/h7-36H,1-6H3. The first-order valence-electron chi connectivity index (χ1n) is 20.8. The molecule has 286 valence electrons. The van der Waals surface area contributed by atoms with Crippen LogP contribution in [0.1, 0.15) is 52.7 Å². The topological polar surface area (TPSA) is 17.8 Å². The fraction of sp³-hybridized carbons (Fsp3) is 0.140. The summed E-state index contributed by atoms with van der Waals surface area (Å²) in [6.07, 6.45) is 0. The minimum absolute atomic E-state index is 0.0783. The van der Waals surface area contributed by atoms with Gasteiger partial charge in [-0.3, -0.25) is 4.57 Å². The molecule has 0 saturated carbocycles. The summed E-state index contributed by atoms with van der Waals surface area (Å²) < 4.78 is 2.26. The Morgan fingerprint density at radius 3 is 1.61 bits per heavy atom. The van der Waals surface area contributed by atoms with Crippen molar-refractivity contribution in [3.63, 3.8) is 0 Å². The van der Waals surface area contributed by atoms with Crippen LogP contribution in [0.3, 0.4) is 0 Å². The lowest BCUT2D eigenvalue weighted by Crippen LogP contribution is -2.10. The molecule has 1 aromatic heterocycles. The summed E-state index contributed by atoms with van der Waals surface area (Å²) >= 11 is 0. The largest absolute Gasteiger partial charge is 0.292 e. The molecule has 0 bridgehead atoms. The molecule has 10 aromatic rings. The van der Waals surface area contributed by atoms with Gasteiger partial charge < -0.3 is 0 Å². The van der Waals surface area contributed by atoms with Crippen LogP contribution in [0.5, 0.6) is 0 Å². The number of nitrogens with zero attached hydrogens (tertiary/aromatic N) is 2. The summed E-state index contributed by atoms with van der Waals surface area (Å²) in [5.74, 6) is 0.935. The number of hydrogen-bond donors (Lipinski definition) is 0. The summed E-state index contributed by atoms with van der Waals surface area (Å²) in [4.78, 5) is 5.14. The molecule has 9 aromatic carbocycles. The van der Waals surface area contributed by atoms with Gasteiger partial charge in [-0.15, -0.1) is 0 Å². The van der Waals surface area contributed by atoms with Gasteiger partial charge in [0.25, 0.3) is 0 Å². The first kappa shape index (κ1) is 36.6. The molecular formula is C57H48N2. The third-order valence-electron chi connectivity index (χ3n) is 12.1. The maximum Gasteiger partial charge on any atom is 0.145 e. The molecule has 0 unspecified atom stereocenters. The predicted octanol–water partition coefficient (Wildman–Crippen LogP) is 15.7. The molecule has 0 amide bonds. The maximum absolute atomic E-state index is 5.14. The lowest BCUT2D eigenvalue weighted by Gasteiger charge is -2.22. The van der Waals surface area contributed by atoms with Crippen molar-refractivity contribution in [3.8, 4) is 50.5 Å². The molecule has 1 heterocycles. The Balaban J connectivity index is 1.17. The van der Waals surface area contributed by atoms with Crippen LogP contribution in [0.2, 0.25) is 0 Å².